The Labute approximate surface area is 232 Å². The van der Waals surface area contributed by atoms with E-state index in [0.717, 1.165) is 27.9 Å². The maximum atomic E-state index is 13.1. The first-order valence-electron chi connectivity index (χ1n) is 12.2. The zero-order valence-electron chi connectivity index (χ0n) is 22.4. The number of rotatable bonds is 7. The summed E-state index contributed by atoms with van der Waals surface area (Å²) in [5.74, 6) is -3.34. The molecular weight excluding hydrogens is 544 g/mol. The van der Waals surface area contributed by atoms with Gasteiger partial charge in [0.1, 0.15) is 23.3 Å². The van der Waals surface area contributed by atoms with Crippen LogP contribution < -0.4 is 10.2 Å². The van der Waals surface area contributed by atoms with Gasteiger partial charge in [0.2, 0.25) is 12.4 Å². The summed E-state index contributed by atoms with van der Waals surface area (Å²) in [5.41, 5.74) is 0.582. The first-order chi connectivity index (χ1) is 19.5. The van der Waals surface area contributed by atoms with Crippen LogP contribution in [0.25, 0.3) is 22.1 Å². The minimum absolute atomic E-state index is 0.0438. The van der Waals surface area contributed by atoms with Crippen molar-refractivity contribution < 1.29 is 57.1 Å². The van der Waals surface area contributed by atoms with Gasteiger partial charge in [-0.05, 0) is 29.8 Å². The van der Waals surface area contributed by atoms with Crippen molar-refractivity contribution in [3.05, 3.63) is 59.0 Å². The summed E-state index contributed by atoms with van der Waals surface area (Å²) in [6, 6.07) is 10.2. The Hall–Kier alpha value is -4.91. The van der Waals surface area contributed by atoms with Crippen molar-refractivity contribution in [2.75, 3.05) is 7.11 Å². The van der Waals surface area contributed by atoms with Gasteiger partial charge in [-0.2, -0.15) is 0 Å². The average molecular weight is 571 g/mol. The average Bonchev–Trinajstić information content (AvgIpc) is 2.91. The van der Waals surface area contributed by atoms with Crippen LogP contribution in [0.5, 0.6) is 11.5 Å². The van der Waals surface area contributed by atoms with Crippen LogP contribution in [0.15, 0.2) is 57.9 Å². The molecular formula is C28H26O13. The Bertz CT molecular complexity index is 1520. The molecule has 0 spiro atoms. The van der Waals surface area contributed by atoms with E-state index in [2.05, 4.69) is 0 Å². The van der Waals surface area contributed by atoms with Crippen LogP contribution in [0.1, 0.15) is 20.8 Å². The van der Waals surface area contributed by atoms with Crippen molar-refractivity contribution in [3.63, 3.8) is 0 Å². The van der Waals surface area contributed by atoms with E-state index in [1.807, 2.05) is 0 Å². The lowest BCUT2D eigenvalue weighted by Gasteiger charge is -2.43. The molecule has 216 valence electrons. The van der Waals surface area contributed by atoms with Gasteiger partial charge >= 0.3 is 23.9 Å². The zero-order valence-corrected chi connectivity index (χ0v) is 22.4. The molecule has 0 saturated carbocycles. The van der Waals surface area contributed by atoms with Gasteiger partial charge in [0, 0.05) is 26.8 Å². The molecule has 0 bridgehead atoms. The number of hydrogen-bond donors (Lipinski definition) is 1. The van der Waals surface area contributed by atoms with Gasteiger partial charge in [-0.3, -0.25) is 19.2 Å². The number of ether oxygens (including phenoxy) is 6. The highest BCUT2D eigenvalue weighted by molar-refractivity contribution is 5.82. The molecule has 13 heteroatoms. The van der Waals surface area contributed by atoms with E-state index in [0.29, 0.717) is 5.56 Å². The third kappa shape index (κ3) is 6.47. The molecule has 2 heterocycles. The molecule has 0 amide bonds. The molecule has 0 radical (unpaired) electrons. The summed E-state index contributed by atoms with van der Waals surface area (Å²) in [7, 11) is 1.07. The number of esters is 4. The predicted octanol–water partition coefficient (Wildman–Crippen LogP) is 2.24. The molecule has 4 rings (SSSR count). The molecule has 2 aromatic carbocycles. The third-order valence-corrected chi connectivity index (χ3v) is 6.01. The van der Waals surface area contributed by atoms with Gasteiger partial charge in [0.25, 0.3) is 0 Å². The Balaban J connectivity index is 1.71. The predicted molar refractivity (Wildman–Crippen MR) is 138 cm³/mol. The molecule has 0 aliphatic carbocycles. The van der Waals surface area contributed by atoms with Crippen molar-refractivity contribution in [1.29, 1.82) is 0 Å². The molecule has 1 aromatic heterocycles. The number of aromatic hydroxyl groups is 1. The topological polar surface area (TPSA) is 174 Å². The number of carbonyl (C=O) groups excluding carboxylic acids is 4. The maximum Gasteiger partial charge on any atom is 0.339 e. The van der Waals surface area contributed by atoms with Crippen LogP contribution in [0.3, 0.4) is 0 Å². The molecule has 1 saturated heterocycles. The summed E-state index contributed by atoms with van der Waals surface area (Å²) in [4.78, 5) is 61.5. The number of phenolic OH excluding ortho intramolecular Hbond substituents is 1. The second-order valence-corrected chi connectivity index (χ2v) is 8.97. The third-order valence-electron chi connectivity index (χ3n) is 6.01. The standard InChI is InChI=1S/C28H26O13/c1-13(29)37-23-24(38-14(2)30)26(39-15(3)31)28(41-25(23)27(34)35-4)40-18-9-10-19-21(11-18)36-12-20(22(19)33)16-5-7-17(32)8-6-16/h5-12,23-26,28,32H,1-4H3. The van der Waals surface area contributed by atoms with Crippen molar-refractivity contribution in [2.24, 2.45) is 0 Å². The van der Waals surface area contributed by atoms with Gasteiger partial charge in [-0.15, -0.1) is 0 Å². The second-order valence-electron chi connectivity index (χ2n) is 8.97. The first kappa shape index (κ1) is 29.1. The fraction of sp³-hybridized carbons (Fsp3) is 0.321. The van der Waals surface area contributed by atoms with Crippen LogP contribution in [0, 0.1) is 0 Å². The molecule has 1 fully saturated rings. The van der Waals surface area contributed by atoms with Gasteiger partial charge < -0.3 is 37.9 Å². The minimum atomic E-state index is -1.63. The van der Waals surface area contributed by atoms with E-state index < -0.39 is 54.6 Å². The first-order valence-corrected chi connectivity index (χ1v) is 12.2. The largest absolute Gasteiger partial charge is 0.508 e. The Morgan fingerprint density at radius 1 is 0.829 bits per heavy atom. The number of carbonyl (C=O) groups is 4. The zero-order chi connectivity index (χ0) is 29.8. The Morgan fingerprint density at radius 2 is 1.44 bits per heavy atom. The molecule has 5 atom stereocenters. The minimum Gasteiger partial charge on any atom is -0.508 e. The van der Waals surface area contributed by atoms with Crippen LogP contribution in [0.4, 0.5) is 0 Å². The molecule has 1 aliphatic rings. The van der Waals surface area contributed by atoms with Gasteiger partial charge in [-0.1, -0.05) is 12.1 Å². The van der Waals surface area contributed by atoms with Crippen molar-refractivity contribution >= 4 is 34.8 Å². The Morgan fingerprint density at radius 3 is 2.05 bits per heavy atom. The summed E-state index contributed by atoms with van der Waals surface area (Å²) in [5, 5.41) is 9.74. The van der Waals surface area contributed by atoms with E-state index in [1.165, 1.54) is 36.6 Å². The van der Waals surface area contributed by atoms with Crippen molar-refractivity contribution in [2.45, 2.75) is 51.5 Å². The number of phenols is 1. The highest BCUT2D eigenvalue weighted by Crippen LogP contribution is 2.32. The number of fused-ring (bicyclic) bond motifs is 1. The molecule has 41 heavy (non-hydrogen) atoms. The van der Waals surface area contributed by atoms with Gasteiger partial charge in [0.15, 0.2) is 23.7 Å². The number of hydrogen-bond acceptors (Lipinski definition) is 13. The lowest BCUT2D eigenvalue weighted by Crippen LogP contribution is -2.64. The van der Waals surface area contributed by atoms with E-state index in [1.54, 1.807) is 12.1 Å². The summed E-state index contributed by atoms with van der Waals surface area (Å²) in [6.45, 7) is 3.23. The van der Waals surface area contributed by atoms with Crippen LogP contribution in [0.2, 0.25) is 0 Å². The maximum absolute atomic E-state index is 13.1. The molecule has 1 aliphatic heterocycles. The van der Waals surface area contributed by atoms with Gasteiger partial charge in [-0.25, -0.2) is 4.79 Å². The second kappa shape index (κ2) is 12.1. The SMILES string of the molecule is COC(=O)C1OC(Oc2ccc3c(=O)c(-c4ccc(O)cc4)coc3c2)C(OC(C)=O)C(OC(C)=O)C1OC(C)=O. The smallest absolute Gasteiger partial charge is 0.339 e. The monoisotopic (exact) mass is 570 g/mol. The fourth-order valence-corrected chi connectivity index (χ4v) is 4.33. The normalized spacial score (nSPS) is 21.9. The lowest BCUT2D eigenvalue weighted by molar-refractivity contribution is -0.282. The van der Waals surface area contributed by atoms with Crippen LogP contribution in [-0.2, 0) is 42.9 Å². The molecule has 1 N–H and O–H groups in total. The van der Waals surface area contributed by atoms with E-state index in [9.17, 15) is 29.1 Å². The summed E-state index contributed by atoms with van der Waals surface area (Å²) >= 11 is 0. The van der Waals surface area contributed by atoms with Crippen LogP contribution >= 0.6 is 0 Å². The van der Waals surface area contributed by atoms with E-state index in [4.69, 9.17) is 32.8 Å². The highest BCUT2D eigenvalue weighted by atomic mass is 16.7. The molecule has 13 nitrogen and oxygen atoms in total. The van der Waals surface area contributed by atoms with Crippen molar-refractivity contribution in [1.82, 2.24) is 0 Å². The molecule has 3 aromatic rings. The van der Waals surface area contributed by atoms with Gasteiger partial charge in [0.05, 0.1) is 18.1 Å². The summed E-state index contributed by atoms with van der Waals surface area (Å²) < 4.78 is 38.0. The van der Waals surface area contributed by atoms with E-state index >= 15 is 0 Å². The van der Waals surface area contributed by atoms with Crippen LogP contribution in [-0.4, -0.2) is 66.8 Å². The highest BCUT2D eigenvalue weighted by Gasteiger charge is 2.55. The summed E-state index contributed by atoms with van der Waals surface area (Å²) in [6.07, 6.45) is -6.50. The Kier molecular flexibility index (Phi) is 8.57. The molecule has 5 unspecified atom stereocenters. The number of benzene rings is 2. The lowest BCUT2D eigenvalue weighted by atomic mass is 9.97. The fourth-order valence-electron chi connectivity index (χ4n) is 4.33. The van der Waals surface area contributed by atoms with E-state index in [-0.39, 0.29) is 33.5 Å². The van der Waals surface area contributed by atoms with Crippen molar-refractivity contribution in [3.8, 4) is 22.6 Å². The quantitative estimate of drug-likeness (QED) is 0.324. The number of methoxy groups -OCH3 is 1.